The molecule has 0 saturated carbocycles. The molecular formula is C14H19NO4. The average molecular weight is 265 g/mol. The van der Waals surface area contributed by atoms with Gasteiger partial charge in [-0.15, -0.1) is 0 Å². The van der Waals surface area contributed by atoms with Crippen molar-refractivity contribution < 1.29 is 19.1 Å². The van der Waals surface area contributed by atoms with Gasteiger partial charge in [0.15, 0.2) is 0 Å². The molecular weight excluding hydrogens is 246 g/mol. The highest BCUT2D eigenvalue weighted by Crippen LogP contribution is 2.34. The van der Waals surface area contributed by atoms with E-state index in [4.69, 9.17) is 9.47 Å². The molecule has 0 N–H and O–H groups in total. The van der Waals surface area contributed by atoms with Gasteiger partial charge in [0.2, 0.25) is 0 Å². The summed E-state index contributed by atoms with van der Waals surface area (Å²) in [7, 11) is 6.38. The van der Waals surface area contributed by atoms with Crippen LogP contribution in [-0.2, 0) is 19.1 Å². The molecule has 0 amide bonds. The second kappa shape index (κ2) is 5.73. The molecule has 0 bridgehead atoms. The second-order valence-corrected chi connectivity index (χ2v) is 4.43. The van der Waals surface area contributed by atoms with Crippen molar-refractivity contribution in [1.82, 2.24) is 4.90 Å². The third-order valence-electron chi connectivity index (χ3n) is 3.19. The molecule has 0 radical (unpaired) electrons. The highest BCUT2D eigenvalue weighted by atomic mass is 16.5. The highest BCUT2D eigenvalue weighted by molar-refractivity contribution is 6.05. The Labute approximate surface area is 113 Å². The molecule has 0 saturated heterocycles. The molecule has 0 fully saturated rings. The van der Waals surface area contributed by atoms with Crippen LogP contribution in [0, 0.1) is 0 Å². The number of hydrogen-bond acceptors (Lipinski definition) is 5. The first kappa shape index (κ1) is 15.0. The van der Waals surface area contributed by atoms with Crippen LogP contribution in [0.2, 0.25) is 0 Å². The summed E-state index contributed by atoms with van der Waals surface area (Å²) in [5, 5.41) is 0. The number of carbonyl (C=O) groups excluding carboxylic acids is 2. The van der Waals surface area contributed by atoms with E-state index in [1.54, 1.807) is 13.0 Å². The van der Waals surface area contributed by atoms with Gasteiger partial charge in [-0.05, 0) is 25.5 Å². The summed E-state index contributed by atoms with van der Waals surface area (Å²) in [6.45, 7) is 3.59. The SMILES string of the molecule is COC(=O)C1=C/C(=C(/C)N(C)C)C(C(=O)OC)=C1C. The maximum atomic E-state index is 11.9. The van der Waals surface area contributed by atoms with Crippen molar-refractivity contribution in [3.05, 3.63) is 34.1 Å². The molecule has 0 aromatic rings. The van der Waals surface area contributed by atoms with Crippen LogP contribution in [-0.4, -0.2) is 45.2 Å². The molecule has 0 spiro atoms. The lowest BCUT2D eigenvalue weighted by molar-refractivity contribution is -0.136. The quantitative estimate of drug-likeness (QED) is 0.722. The van der Waals surface area contributed by atoms with Crippen molar-refractivity contribution in [2.45, 2.75) is 13.8 Å². The van der Waals surface area contributed by atoms with Crippen LogP contribution in [0.15, 0.2) is 34.1 Å². The van der Waals surface area contributed by atoms with Gasteiger partial charge in [0.1, 0.15) is 0 Å². The van der Waals surface area contributed by atoms with Crippen molar-refractivity contribution in [2.75, 3.05) is 28.3 Å². The maximum Gasteiger partial charge on any atom is 0.338 e. The van der Waals surface area contributed by atoms with Gasteiger partial charge < -0.3 is 14.4 Å². The van der Waals surface area contributed by atoms with Crippen LogP contribution in [0.3, 0.4) is 0 Å². The van der Waals surface area contributed by atoms with E-state index >= 15 is 0 Å². The van der Waals surface area contributed by atoms with Crippen molar-refractivity contribution in [3.8, 4) is 0 Å². The monoisotopic (exact) mass is 265 g/mol. The summed E-state index contributed by atoms with van der Waals surface area (Å²) in [4.78, 5) is 25.5. The minimum absolute atomic E-state index is 0.388. The second-order valence-electron chi connectivity index (χ2n) is 4.43. The van der Waals surface area contributed by atoms with E-state index in [0.717, 1.165) is 5.70 Å². The molecule has 0 aliphatic heterocycles. The Hall–Kier alpha value is -2.04. The van der Waals surface area contributed by atoms with Crippen molar-refractivity contribution in [2.24, 2.45) is 0 Å². The lowest BCUT2D eigenvalue weighted by atomic mass is 10.0. The lowest BCUT2D eigenvalue weighted by Gasteiger charge is -2.16. The topological polar surface area (TPSA) is 55.8 Å². The zero-order valence-corrected chi connectivity index (χ0v) is 12.2. The number of nitrogens with zero attached hydrogens (tertiary/aromatic N) is 1. The molecule has 0 heterocycles. The summed E-state index contributed by atoms with van der Waals surface area (Å²) in [6.07, 6.45) is 1.67. The van der Waals surface area contributed by atoms with E-state index < -0.39 is 11.9 Å². The van der Waals surface area contributed by atoms with Gasteiger partial charge in [-0.3, -0.25) is 0 Å². The summed E-state index contributed by atoms with van der Waals surface area (Å²) < 4.78 is 9.52. The first-order valence-electron chi connectivity index (χ1n) is 5.83. The molecule has 1 rings (SSSR count). The number of carbonyl (C=O) groups is 2. The van der Waals surface area contributed by atoms with Gasteiger partial charge >= 0.3 is 11.9 Å². The van der Waals surface area contributed by atoms with E-state index in [-0.39, 0.29) is 0 Å². The normalized spacial score (nSPS) is 17.1. The van der Waals surface area contributed by atoms with E-state index in [9.17, 15) is 9.59 Å². The molecule has 0 unspecified atom stereocenters. The van der Waals surface area contributed by atoms with Gasteiger partial charge in [-0.2, -0.15) is 0 Å². The molecule has 19 heavy (non-hydrogen) atoms. The third-order valence-corrected chi connectivity index (χ3v) is 3.19. The number of methoxy groups -OCH3 is 2. The minimum Gasteiger partial charge on any atom is -0.465 e. The maximum absolute atomic E-state index is 11.9. The van der Waals surface area contributed by atoms with Gasteiger partial charge in [-0.25, -0.2) is 9.59 Å². The summed E-state index contributed by atoms with van der Waals surface area (Å²) >= 11 is 0. The van der Waals surface area contributed by atoms with Gasteiger partial charge in [-0.1, -0.05) is 0 Å². The Morgan fingerprint density at radius 3 is 2.05 bits per heavy atom. The van der Waals surface area contributed by atoms with Gasteiger partial charge in [0, 0.05) is 25.4 Å². The number of allylic oxidation sites excluding steroid dienone is 2. The average Bonchev–Trinajstić information content (AvgIpc) is 2.73. The van der Waals surface area contributed by atoms with E-state index in [0.29, 0.717) is 22.3 Å². The molecule has 5 heteroatoms. The Morgan fingerprint density at radius 2 is 1.63 bits per heavy atom. The lowest BCUT2D eigenvalue weighted by Crippen LogP contribution is -2.14. The van der Waals surface area contributed by atoms with Crippen LogP contribution in [0.25, 0.3) is 0 Å². The highest BCUT2D eigenvalue weighted by Gasteiger charge is 2.30. The van der Waals surface area contributed by atoms with Crippen LogP contribution in [0.5, 0.6) is 0 Å². The van der Waals surface area contributed by atoms with E-state index in [1.807, 2.05) is 25.9 Å². The third kappa shape index (κ3) is 2.70. The predicted octanol–water partition coefficient (Wildman–Crippen LogP) is 1.42. The predicted molar refractivity (Wildman–Crippen MR) is 71.2 cm³/mol. The molecule has 0 atom stereocenters. The van der Waals surface area contributed by atoms with E-state index in [1.165, 1.54) is 14.2 Å². The number of esters is 2. The molecule has 104 valence electrons. The molecule has 5 nitrogen and oxygen atoms in total. The van der Waals surface area contributed by atoms with Crippen molar-refractivity contribution in [3.63, 3.8) is 0 Å². The van der Waals surface area contributed by atoms with Gasteiger partial charge in [0.05, 0.1) is 25.4 Å². The number of ether oxygens (including phenoxy) is 2. The summed E-state index contributed by atoms with van der Waals surface area (Å²) in [5.41, 5.74) is 2.94. The first-order chi connectivity index (χ1) is 8.84. The fourth-order valence-electron chi connectivity index (χ4n) is 1.87. The molecule has 0 aromatic heterocycles. The van der Waals surface area contributed by atoms with Crippen LogP contribution >= 0.6 is 0 Å². The Balaban J connectivity index is 3.47. The largest absolute Gasteiger partial charge is 0.465 e. The standard InChI is InChI=1S/C14H19NO4/c1-8-10(13(16)18-5)7-11(9(2)15(3)4)12(8)14(17)19-6/h7H,1-6H3/b11-9+. The van der Waals surface area contributed by atoms with E-state index in [2.05, 4.69) is 0 Å². The summed E-state index contributed by atoms with van der Waals surface area (Å²) in [5.74, 6) is -0.913. The van der Waals surface area contributed by atoms with Crippen molar-refractivity contribution in [1.29, 1.82) is 0 Å². The van der Waals surface area contributed by atoms with Crippen LogP contribution in [0.1, 0.15) is 13.8 Å². The number of hydrogen-bond donors (Lipinski definition) is 0. The smallest absolute Gasteiger partial charge is 0.338 e. The molecule has 0 aromatic carbocycles. The number of rotatable bonds is 3. The van der Waals surface area contributed by atoms with Crippen LogP contribution in [0.4, 0.5) is 0 Å². The fraction of sp³-hybridized carbons (Fsp3) is 0.429. The Bertz CT molecular complexity index is 510. The van der Waals surface area contributed by atoms with Crippen LogP contribution < -0.4 is 0 Å². The fourth-order valence-corrected chi connectivity index (χ4v) is 1.87. The molecule has 1 aliphatic rings. The first-order valence-corrected chi connectivity index (χ1v) is 5.83. The van der Waals surface area contributed by atoms with Gasteiger partial charge in [0.25, 0.3) is 0 Å². The Kier molecular flexibility index (Phi) is 4.53. The zero-order chi connectivity index (χ0) is 14.7. The minimum atomic E-state index is -0.458. The van der Waals surface area contributed by atoms with Crippen molar-refractivity contribution >= 4 is 11.9 Å². The Morgan fingerprint density at radius 1 is 1.11 bits per heavy atom. The zero-order valence-electron chi connectivity index (χ0n) is 12.2. The molecule has 1 aliphatic carbocycles. The summed E-state index contributed by atoms with van der Waals surface area (Å²) in [6, 6.07) is 0.